The normalized spacial score (nSPS) is 13.1. The number of carbonyl (C=O) groups is 3. The average Bonchev–Trinajstić information content (AvgIpc) is 3.26. The van der Waals surface area contributed by atoms with Crippen LogP contribution in [0, 0.1) is 6.92 Å². The maximum atomic E-state index is 11.5. The van der Waals surface area contributed by atoms with Crippen molar-refractivity contribution in [2.75, 3.05) is 13.2 Å². The Morgan fingerprint density at radius 3 is 2.68 bits per heavy atom. The summed E-state index contributed by atoms with van der Waals surface area (Å²) in [5.74, 6) is -0.813. The number of hydrogen-bond donors (Lipinski definition) is 2. The average molecular weight is 306 g/mol. The molecule has 22 heavy (non-hydrogen) atoms. The van der Waals surface area contributed by atoms with E-state index in [0.717, 1.165) is 18.4 Å². The summed E-state index contributed by atoms with van der Waals surface area (Å²) in [6.07, 6.45) is 1.85. The Bertz CT molecular complexity index is 569. The van der Waals surface area contributed by atoms with Gasteiger partial charge in [0.1, 0.15) is 5.75 Å². The van der Waals surface area contributed by atoms with E-state index in [1.807, 2.05) is 19.1 Å². The Morgan fingerprint density at radius 2 is 2.00 bits per heavy atom. The van der Waals surface area contributed by atoms with E-state index in [9.17, 15) is 14.4 Å². The van der Waals surface area contributed by atoms with Crippen molar-refractivity contribution >= 4 is 17.9 Å². The standard InChI is InChI=1S/C15H18N2O5/c1-10-3-2-4-12(7-10)21-9-14(19)22-8-13(18)17-15(20)16-11-5-6-11/h2-4,7,11H,5-6,8-9H2,1H3,(H2,16,17,18,20). The lowest BCUT2D eigenvalue weighted by Crippen LogP contribution is -2.42. The van der Waals surface area contributed by atoms with E-state index in [0.29, 0.717) is 5.75 Å². The number of nitrogens with one attached hydrogen (secondary N) is 2. The summed E-state index contributed by atoms with van der Waals surface area (Å²) in [5, 5.41) is 4.67. The highest BCUT2D eigenvalue weighted by Crippen LogP contribution is 2.18. The third kappa shape index (κ3) is 5.82. The number of benzene rings is 1. The quantitative estimate of drug-likeness (QED) is 0.762. The van der Waals surface area contributed by atoms with Crippen LogP contribution in [0.2, 0.25) is 0 Å². The fraction of sp³-hybridized carbons (Fsp3) is 0.400. The predicted octanol–water partition coefficient (Wildman–Crippen LogP) is 0.905. The van der Waals surface area contributed by atoms with Crippen LogP contribution in [0.4, 0.5) is 4.79 Å². The molecule has 7 nitrogen and oxygen atoms in total. The second kappa shape index (κ2) is 7.44. The summed E-state index contributed by atoms with van der Waals surface area (Å²) in [4.78, 5) is 34.1. The van der Waals surface area contributed by atoms with Crippen molar-refractivity contribution < 1.29 is 23.9 Å². The number of rotatable bonds is 6. The summed E-state index contributed by atoms with van der Waals surface area (Å²) >= 11 is 0. The first-order valence-electron chi connectivity index (χ1n) is 6.98. The Balaban J connectivity index is 1.62. The smallest absolute Gasteiger partial charge is 0.344 e. The van der Waals surface area contributed by atoms with Gasteiger partial charge in [0.15, 0.2) is 13.2 Å². The van der Waals surface area contributed by atoms with Gasteiger partial charge >= 0.3 is 12.0 Å². The van der Waals surface area contributed by atoms with Gasteiger partial charge in [-0.2, -0.15) is 0 Å². The molecule has 0 heterocycles. The molecule has 0 bridgehead atoms. The number of hydrogen-bond acceptors (Lipinski definition) is 5. The zero-order valence-electron chi connectivity index (χ0n) is 12.3. The highest BCUT2D eigenvalue weighted by atomic mass is 16.6. The van der Waals surface area contributed by atoms with Gasteiger partial charge in [0.25, 0.3) is 5.91 Å². The first kappa shape index (κ1) is 15.8. The molecule has 0 atom stereocenters. The number of aryl methyl sites for hydroxylation is 1. The maximum Gasteiger partial charge on any atom is 0.344 e. The largest absolute Gasteiger partial charge is 0.482 e. The molecule has 7 heteroatoms. The van der Waals surface area contributed by atoms with Gasteiger partial charge in [-0.3, -0.25) is 10.1 Å². The van der Waals surface area contributed by atoms with Crippen molar-refractivity contribution in [2.24, 2.45) is 0 Å². The molecule has 0 aromatic heterocycles. The molecular weight excluding hydrogens is 288 g/mol. The van der Waals surface area contributed by atoms with Crippen LogP contribution in [0.1, 0.15) is 18.4 Å². The van der Waals surface area contributed by atoms with E-state index in [2.05, 4.69) is 10.6 Å². The summed E-state index contributed by atoms with van der Waals surface area (Å²) in [6.45, 7) is 1.08. The summed E-state index contributed by atoms with van der Waals surface area (Å²) in [5.41, 5.74) is 1.01. The van der Waals surface area contributed by atoms with Crippen LogP contribution >= 0.6 is 0 Å². The van der Waals surface area contributed by atoms with Crippen LogP contribution in [-0.4, -0.2) is 37.2 Å². The molecule has 0 aliphatic heterocycles. The zero-order valence-corrected chi connectivity index (χ0v) is 12.3. The van der Waals surface area contributed by atoms with Crippen LogP contribution in [0.15, 0.2) is 24.3 Å². The molecule has 0 spiro atoms. The number of amides is 3. The lowest BCUT2D eigenvalue weighted by molar-refractivity contribution is -0.150. The monoisotopic (exact) mass is 306 g/mol. The van der Waals surface area contributed by atoms with E-state index >= 15 is 0 Å². The molecule has 1 aromatic rings. The van der Waals surface area contributed by atoms with E-state index in [4.69, 9.17) is 9.47 Å². The Labute approximate surface area is 128 Å². The van der Waals surface area contributed by atoms with Crippen molar-refractivity contribution in [3.05, 3.63) is 29.8 Å². The van der Waals surface area contributed by atoms with Gasteiger partial charge < -0.3 is 14.8 Å². The number of esters is 1. The van der Waals surface area contributed by atoms with Crippen molar-refractivity contribution in [1.82, 2.24) is 10.6 Å². The second-order valence-electron chi connectivity index (χ2n) is 5.06. The molecule has 0 saturated heterocycles. The number of carbonyl (C=O) groups excluding carboxylic acids is 3. The van der Waals surface area contributed by atoms with Crippen LogP contribution < -0.4 is 15.4 Å². The minimum Gasteiger partial charge on any atom is -0.482 e. The van der Waals surface area contributed by atoms with Crippen molar-refractivity contribution in [1.29, 1.82) is 0 Å². The van der Waals surface area contributed by atoms with Crippen molar-refractivity contribution in [3.8, 4) is 5.75 Å². The number of urea groups is 1. The molecule has 1 aliphatic rings. The summed E-state index contributed by atoms with van der Waals surface area (Å²) in [6, 6.07) is 6.79. The van der Waals surface area contributed by atoms with E-state index in [1.54, 1.807) is 12.1 Å². The molecule has 1 fully saturated rings. The third-order valence-corrected chi connectivity index (χ3v) is 2.88. The number of ether oxygens (including phenoxy) is 2. The first-order valence-corrected chi connectivity index (χ1v) is 6.98. The zero-order chi connectivity index (χ0) is 15.9. The molecule has 1 aromatic carbocycles. The number of imide groups is 1. The van der Waals surface area contributed by atoms with Gasteiger partial charge in [-0.05, 0) is 37.5 Å². The van der Waals surface area contributed by atoms with E-state index < -0.39 is 24.5 Å². The Morgan fingerprint density at radius 1 is 1.23 bits per heavy atom. The molecule has 2 N–H and O–H groups in total. The fourth-order valence-electron chi connectivity index (χ4n) is 1.65. The van der Waals surface area contributed by atoms with Gasteiger partial charge in [-0.15, -0.1) is 0 Å². The molecule has 0 radical (unpaired) electrons. The van der Waals surface area contributed by atoms with Gasteiger partial charge in [-0.25, -0.2) is 9.59 Å². The molecule has 2 rings (SSSR count). The molecule has 3 amide bonds. The minimum absolute atomic E-state index is 0.151. The van der Waals surface area contributed by atoms with Crippen LogP contribution in [0.3, 0.4) is 0 Å². The predicted molar refractivity (Wildman–Crippen MR) is 77.3 cm³/mol. The van der Waals surface area contributed by atoms with E-state index in [1.165, 1.54) is 0 Å². The van der Waals surface area contributed by atoms with Crippen LogP contribution in [-0.2, 0) is 14.3 Å². The summed E-state index contributed by atoms with van der Waals surface area (Å²) in [7, 11) is 0. The molecule has 0 unspecified atom stereocenters. The van der Waals surface area contributed by atoms with Gasteiger partial charge in [-0.1, -0.05) is 12.1 Å². The molecule has 1 aliphatic carbocycles. The van der Waals surface area contributed by atoms with E-state index in [-0.39, 0.29) is 12.6 Å². The highest BCUT2D eigenvalue weighted by Gasteiger charge is 2.24. The van der Waals surface area contributed by atoms with Crippen molar-refractivity contribution in [3.63, 3.8) is 0 Å². The lowest BCUT2D eigenvalue weighted by atomic mass is 10.2. The Hall–Kier alpha value is -2.57. The topological polar surface area (TPSA) is 93.7 Å². The highest BCUT2D eigenvalue weighted by molar-refractivity contribution is 5.95. The SMILES string of the molecule is Cc1cccc(OCC(=O)OCC(=O)NC(=O)NC2CC2)c1. The second-order valence-corrected chi connectivity index (χ2v) is 5.06. The van der Waals surface area contributed by atoms with Gasteiger partial charge in [0, 0.05) is 6.04 Å². The van der Waals surface area contributed by atoms with Crippen LogP contribution in [0.25, 0.3) is 0 Å². The van der Waals surface area contributed by atoms with Gasteiger partial charge in [0.2, 0.25) is 0 Å². The lowest BCUT2D eigenvalue weighted by Gasteiger charge is -2.08. The fourth-order valence-corrected chi connectivity index (χ4v) is 1.65. The first-order chi connectivity index (χ1) is 10.5. The Kier molecular flexibility index (Phi) is 5.35. The minimum atomic E-state index is -0.681. The summed E-state index contributed by atoms with van der Waals surface area (Å²) < 4.78 is 9.96. The van der Waals surface area contributed by atoms with Crippen LogP contribution in [0.5, 0.6) is 5.75 Å². The van der Waals surface area contributed by atoms with Gasteiger partial charge in [0.05, 0.1) is 0 Å². The molecular formula is C15H18N2O5. The third-order valence-electron chi connectivity index (χ3n) is 2.88. The molecule has 1 saturated carbocycles. The van der Waals surface area contributed by atoms with Crippen molar-refractivity contribution in [2.45, 2.75) is 25.8 Å². The molecule has 118 valence electrons. The maximum absolute atomic E-state index is 11.5.